The van der Waals surface area contributed by atoms with Crippen molar-refractivity contribution in [3.63, 3.8) is 0 Å². The second-order valence-corrected chi connectivity index (χ2v) is 9.86. The van der Waals surface area contributed by atoms with Crippen LogP contribution >= 0.6 is 11.6 Å². The summed E-state index contributed by atoms with van der Waals surface area (Å²) in [4.78, 5) is 18.9. The van der Waals surface area contributed by atoms with Gasteiger partial charge in [-0.1, -0.05) is 11.6 Å². The number of carbonyl (C=O) groups is 1. The molecule has 168 valence electrons. The van der Waals surface area contributed by atoms with Crippen LogP contribution < -0.4 is 10.1 Å². The number of benzene rings is 2. The number of hydrogen-bond acceptors (Lipinski definition) is 6. The highest BCUT2D eigenvalue weighted by atomic mass is 35.5. The van der Waals surface area contributed by atoms with E-state index in [4.69, 9.17) is 16.3 Å². The average molecular weight is 475 g/mol. The Kier molecular flexibility index (Phi) is 6.61. The third-order valence-electron chi connectivity index (χ3n) is 5.28. The molecular weight excluding hydrogens is 452 g/mol. The molecule has 1 aliphatic heterocycles. The molecule has 1 amide bonds. The van der Waals surface area contributed by atoms with Gasteiger partial charge in [-0.05, 0) is 55.6 Å². The van der Waals surface area contributed by atoms with Gasteiger partial charge in [0.15, 0.2) is 6.61 Å². The zero-order valence-electron chi connectivity index (χ0n) is 17.5. The fraction of sp³-hybridized carbons (Fsp3) is 0.273. The summed E-state index contributed by atoms with van der Waals surface area (Å²) in [5, 5.41) is 4.00. The molecule has 10 heteroatoms. The predicted octanol–water partition coefficient (Wildman–Crippen LogP) is 2.84. The minimum absolute atomic E-state index is 0.204. The number of rotatable bonds is 6. The van der Waals surface area contributed by atoms with Gasteiger partial charge in [0.2, 0.25) is 10.0 Å². The topological polar surface area (TPSA) is 91.8 Å². The van der Waals surface area contributed by atoms with Crippen molar-refractivity contribution in [2.75, 3.05) is 45.2 Å². The summed E-state index contributed by atoms with van der Waals surface area (Å²) in [6.07, 6.45) is 1.63. The van der Waals surface area contributed by atoms with Crippen LogP contribution in [0.25, 0.3) is 10.9 Å². The van der Waals surface area contributed by atoms with E-state index in [9.17, 15) is 13.2 Å². The van der Waals surface area contributed by atoms with Crippen molar-refractivity contribution in [1.29, 1.82) is 0 Å². The summed E-state index contributed by atoms with van der Waals surface area (Å²) >= 11 is 6.18. The van der Waals surface area contributed by atoms with Crippen LogP contribution in [0.3, 0.4) is 0 Å². The van der Waals surface area contributed by atoms with Gasteiger partial charge >= 0.3 is 0 Å². The molecule has 3 aromatic rings. The lowest BCUT2D eigenvalue weighted by atomic mass is 10.2. The predicted molar refractivity (Wildman–Crippen MR) is 124 cm³/mol. The summed E-state index contributed by atoms with van der Waals surface area (Å²) in [6.45, 7) is 2.10. The highest BCUT2D eigenvalue weighted by Crippen LogP contribution is 2.29. The summed E-state index contributed by atoms with van der Waals surface area (Å²) in [5.74, 6) is 0.0764. The van der Waals surface area contributed by atoms with Gasteiger partial charge in [-0.3, -0.25) is 9.78 Å². The van der Waals surface area contributed by atoms with Gasteiger partial charge in [-0.25, -0.2) is 8.42 Å². The van der Waals surface area contributed by atoms with Crippen molar-refractivity contribution in [3.05, 3.63) is 59.8 Å². The first-order valence-electron chi connectivity index (χ1n) is 10.1. The Morgan fingerprint density at radius 3 is 2.53 bits per heavy atom. The number of likely N-dealkylation sites (N-methyl/N-ethyl adjacent to an activating group) is 1. The van der Waals surface area contributed by atoms with Gasteiger partial charge in [-0.2, -0.15) is 4.31 Å². The molecule has 0 unspecified atom stereocenters. The number of sulfonamides is 1. The smallest absolute Gasteiger partial charge is 0.262 e. The van der Waals surface area contributed by atoms with Crippen LogP contribution in [0.1, 0.15) is 0 Å². The van der Waals surface area contributed by atoms with Crippen molar-refractivity contribution in [1.82, 2.24) is 14.2 Å². The maximum absolute atomic E-state index is 12.8. The number of piperazine rings is 1. The zero-order chi connectivity index (χ0) is 22.7. The van der Waals surface area contributed by atoms with Crippen LogP contribution in [0.5, 0.6) is 5.75 Å². The molecule has 0 radical (unpaired) electrons. The normalized spacial score (nSPS) is 15.6. The van der Waals surface area contributed by atoms with Crippen molar-refractivity contribution in [3.8, 4) is 5.75 Å². The number of nitrogens with one attached hydrogen (secondary N) is 1. The molecule has 4 rings (SSSR count). The SMILES string of the molecule is CN1CCN(S(=O)(=O)c2ccc(NC(=O)COc3ccc(Cl)c4cccnc34)cc2)CC1. The molecule has 8 nitrogen and oxygen atoms in total. The Balaban J connectivity index is 1.38. The lowest BCUT2D eigenvalue weighted by molar-refractivity contribution is -0.118. The van der Waals surface area contributed by atoms with E-state index in [2.05, 4.69) is 15.2 Å². The molecule has 0 aliphatic carbocycles. The molecule has 0 atom stereocenters. The number of hydrogen-bond donors (Lipinski definition) is 1. The van der Waals surface area contributed by atoms with Crippen molar-refractivity contribution < 1.29 is 17.9 Å². The van der Waals surface area contributed by atoms with Gasteiger partial charge in [0.25, 0.3) is 5.91 Å². The van der Waals surface area contributed by atoms with Crippen LogP contribution in [-0.2, 0) is 14.8 Å². The quantitative estimate of drug-likeness (QED) is 0.590. The first-order valence-corrected chi connectivity index (χ1v) is 11.9. The number of halogens is 1. The van der Waals surface area contributed by atoms with Crippen LogP contribution in [0, 0.1) is 0 Å². The highest BCUT2D eigenvalue weighted by Gasteiger charge is 2.27. The van der Waals surface area contributed by atoms with E-state index in [1.807, 2.05) is 13.1 Å². The molecule has 1 aromatic heterocycles. The number of ether oxygens (including phenoxy) is 1. The number of amides is 1. The van der Waals surface area contributed by atoms with Gasteiger partial charge in [0.05, 0.1) is 9.92 Å². The van der Waals surface area contributed by atoms with E-state index in [1.54, 1.807) is 36.5 Å². The van der Waals surface area contributed by atoms with Crippen LogP contribution in [-0.4, -0.2) is 68.3 Å². The number of aromatic nitrogens is 1. The molecular formula is C22H23ClN4O4S. The Bertz CT molecular complexity index is 1230. The molecule has 0 bridgehead atoms. The molecule has 2 heterocycles. The van der Waals surface area contributed by atoms with E-state index in [0.717, 1.165) is 5.39 Å². The number of fused-ring (bicyclic) bond motifs is 1. The molecule has 0 spiro atoms. The number of carbonyl (C=O) groups excluding carboxylic acids is 1. The summed E-state index contributed by atoms with van der Waals surface area (Å²) < 4.78 is 32.7. The lowest BCUT2D eigenvalue weighted by Crippen LogP contribution is -2.46. The summed E-state index contributed by atoms with van der Waals surface area (Å²) in [7, 11) is -1.58. The van der Waals surface area contributed by atoms with Gasteiger partial charge in [-0.15, -0.1) is 0 Å². The first-order chi connectivity index (χ1) is 15.3. The maximum Gasteiger partial charge on any atom is 0.262 e. The van der Waals surface area contributed by atoms with Crippen molar-refractivity contribution in [2.24, 2.45) is 0 Å². The van der Waals surface area contributed by atoms with Crippen LogP contribution in [0.2, 0.25) is 5.02 Å². The molecule has 0 saturated carbocycles. The monoisotopic (exact) mass is 474 g/mol. The summed E-state index contributed by atoms with van der Waals surface area (Å²) in [5.41, 5.74) is 1.06. The second-order valence-electron chi connectivity index (χ2n) is 7.51. The van der Waals surface area contributed by atoms with E-state index in [-0.39, 0.29) is 17.4 Å². The molecule has 1 N–H and O–H groups in total. The van der Waals surface area contributed by atoms with Crippen LogP contribution in [0.4, 0.5) is 5.69 Å². The Hall–Kier alpha value is -2.72. The Labute approximate surface area is 191 Å². The standard InChI is InChI=1S/C22H23ClN4O4S/c1-26-11-13-27(14-12-26)32(29,30)17-6-4-16(5-7-17)25-21(28)15-31-20-9-8-19(23)18-3-2-10-24-22(18)20/h2-10H,11-15H2,1H3,(H,25,28). The van der Waals surface area contributed by atoms with Gasteiger partial charge in [0.1, 0.15) is 11.3 Å². The van der Waals surface area contributed by atoms with Crippen molar-refractivity contribution >= 4 is 44.1 Å². The number of nitrogens with zero attached hydrogens (tertiary/aromatic N) is 3. The van der Waals surface area contributed by atoms with E-state index < -0.39 is 10.0 Å². The van der Waals surface area contributed by atoms with Gasteiger partial charge in [0, 0.05) is 43.4 Å². The fourth-order valence-electron chi connectivity index (χ4n) is 3.46. The van der Waals surface area contributed by atoms with E-state index >= 15 is 0 Å². The van der Waals surface area contributed by atoms with E-state index in [0.29, 0.717) is 48.2 Å². The molecule has 1 fully saturated rings. The second kappa shape index (κ2) is 9.41. The third-order valence-corrected chi connectivity index (χ3v) is 7.52. The highest BCUT2D eigenvalue weighted by molar-refractivity contribution is 7.89. The van der Waals surface area contributed by atoms with Crippen LogP contribution in [0.15, 0.2) is 59.6 Å². The molecule has 32 heavy (non-hydrogen) atoms. The zero-order valence-corrected chi connectivity index (χ0v) is 19.1. The molecule has 1 aliphatic rings. The Morgan fingerprint density at radius 2 is 1.81 bits per heavy atom. The minimum atomic E-state index is -3.55. The largest absolute Gasteiger partial charge is 0.481 e. The number of pyridine rings is 1. The summed E-state index contributed by atoms with van der Waals surface area (Å²) in [6, 6.07) is 13.1. The molecule has 1 saturated heterocycles. The van der Waals surface area contributed by atoms with Gasteiger partial charge < -0.3 is 15.0 Å². The lowest BCUT2D eigenvalue weighted by Gasteiger charge is -2.31. The average Bonchev–Trinajstić information content (AvgIpc) is 2.79. The minimum Gasteiger partial charge on any atom is -0.481 e. The Morgan fingerprint density at radius 1 is 1.09 bits per heavy atom. The number of anilines is 1. The first kappa shape index (κ1) is 22.5. The third kappa shape index (κ3) is 4.86. The van der Waals surface area contributed by atoms with E-state index in [1.165, 1.54) is 16.4 Å². The van der Waals surface area contributed by atoms with Crippen molar-refractivity contribution in [2.45, 2.75) is 4.90 Å². The molecule has 2 aromatic carbocycles. The maximum atomic E-state index is 12.8. The fourth-order valence-corrected chi connectivity index (χ4v) is 5.09.